The van der Waals surface area contributed by atoms with Gasteiger partial charge in [0.05, 0.1) is 11.9 Å². The molecule has 176 valence electrons. The Labute approximate surface area is 194 Å². The van der Waals surface area contributed by atoms with E-state index in [1.54, 1.807) is 18.3 Å². The standard InChI is InChI=1S/C23H29N5O4S/c1-33(31,32)28(13-3-10-24)16-18-4-2-5-19(14-18)20-9-12-26-23(27-20)25-11-8-17-6-7-21(29)22(30)15-17/h2,4-7,9,12,14-15,29-30H,3,8,10-11,13,16,24H2,1H3,(H,25,26,27). The van der Waals surface area contributed by atoms with Crippen molar-refractivity contribution in [3.63, 3.8) is 0 Å². The van der Waals surface area contributed by atoms with Gasteiger partial charge in [-0.25, -0.2) is 18.4 Å². The van der Waals surface area contributed by atoms with Gasteiger partial charge in [-0.1, -0.05) is 24.3 Å². The average Bonchev–Trinajstić information content (AvgIpc) is 2.79. The third kappa shape index (κ3) is 7.14. The van der Waals surface area contributed by atoms with Crippen LogP contribution in [0.3, 0.4) is 0 Å². The number of hydrogen-bond acceptors (Lipinski definition) is 8. The molecule has 1 heterocycles. The summed E-state index contributed by atoms with van der Waals surface area (Å²) in [5, 5.41) is 22.2. The van der Waals surface area contributed by atoms with Crippen LogP contribution in [0.25, 0.3) is 11.3 Å². The Morgan fingerprint density at radius 3 is 2.61 bits per heavy atom. The maximum Gasteiger partial charge on any atom is 0.223 e. The fourth-order valence-electron chi connectivity index (χ4n) is 3.31. The van der Waals surface area contributed by atoms with Crippen LogP contribution in [-0.2, 0) is 23.0 Å². The summed E-state index contributed by atoms with van der Waals surface area (Å²) in [7, 11) is -3.35. The fourth-order valence-corrected chi connectivity index (χ4v) is 4.15. The van der Waals surface area contributed by atoms with Gasteiger partial charge in [-0.15, -0.1) is 0 Å². The second-order valence-corrected chi connectivity index (χ2v) is 9.69. The molecule has 3 aromatic rings. The molecule has 2 aromatic carbocycles. The van der Waals surface area contributed by atoms with Crippen molar-refractivity contribution in [3.8, 4) is 22.8 Å². The quantitative estimate of drug-likeness (QED) is 0.312. The summed E-state index contributed by atoms with van der Waals surface area (Å²) >= 11 is 0. The van der Waals surface area contributed by atoms with Crippen LogP contribution in [0.2, 0.25) is 0 Å². The van der Waals surface area contributed by atoms with Crippen molar-refractivity contribution in [2.24, 2.45) is 5.73 Å². The van der Waals surface area contributed by atoms with Crippen LogP contribution < -0.4 is 11.1 Å². The monoisotopic (exact) mass is 471 g/mol. The van der Waals surface area contributed by atoms with Crippen molar-refractivity contribution < 1.29 is 18.6 Å². The van der Waals surface area contributed by atoms with Gasteiger partial charge >= 0.3 is 0 Å². The summed E-state index contributed by atoms with van der Waals surface area (Å²) < 4.78 is 25.6. The Kier molecular flexibility index (Phi) is 8.21. The molecule has 0 bridgehead atoms. The Morgan fingerprint density at radius 2 is 1.88 bits per heavy atom. The lowest BCUT2D eigenvalue weighted by Gasteiger charge is -2.20. The van der Waals surface area contributed by atoms with Gasteiger partial charge in [0.2, 0.25) is 16.0 Å². The zero-order valence-electron chi connectivity index (χ0n) is 18.5. The zero-order chi connectivity index (χ0) is 23.8. The number of benzene rings is 2. The minimum atomic E-state index is -3.35. The van der Waals surface area contributed by atoms with Gasteiger partial charge in [-0.2, -0.15) is 4.31 Å². The Hall–Kier alpha value is -3.21. The van der Waals surface area contributed by atoms with E-state index in [1.165, 1.54) is 22.7 Å². The molecule has 0 radical (unpaired) electrons. The Bertz CT molecular complexity index is 1190. The van der Waals surface area contributed by atoms with Gasteiger partial charge in [0, 0.05) is 31.4 Å². The number of sulfonamides is 1. The maximum absolute atomic E-state index is 12.1. The predicted molar refractivity (Wildman–Crippen MR) is 128 cm³/mol. The van der Waals surface area contributed by atoms with Crippen LogP contribution in [0.1, 0.15) is 17.5 Å². The molecule has 10 heteroatoms. The number of aromatic nitrogens is 2. The number of hydrogen-bond donors (Lipinski definition) is 4. The molecule has 0 saturated heterocycles. The van der Waals surface area contributed by atoms with Gasteiger partial charge < -0.3 is 21.3 Å². The molecule has 0 spiro atoms. The minimum Gasteiger partial charge on any atom is -0.504 e. The summed E-state index contributed by atoms with van der Waals surface area (Å²) in [6, 6.07) is 14.1. The molecule has 1 aromatic heterocycles. The molecule has 33 heavy (non-hydrogen) atoms. The molecule has 0 aliphatic heterocycles. The number of nitrogens with two attached hydrogens (primary N) is 1. The maximum atomic E-state index is 12.1. The highest BCUT2D eigenvalue weighted by atomic mass is 32.2. The van der Waals surface area contributed by atoms with E-state index in [0.29, 0.717) is 44.1 Å². The normalized spacial score (nSPS) is 11.6. The topological polar surface area (TPSA) is 142 Å². The molecule has 3 rings (SSSR count). The molecular weight excluding hydrogens is 442 g/mol. The van der Waals surface area contributed by atoms with Crippen LogP contribution in [0.4, 0.5) is 5.95 Å². The van der Waals surface area contributed by atoms with Crippen molar-refractivity contribution in [3.05, 3.63) is 65.9 Å². The van der Waals surface area contributed by atoms with Crippen LogP contribution >= 0.6 is 0 Å². The fraction of sp³-hybridized carbons (Fsp3) is 0.304. The average molecular weight is 472 g/mol. The van der Waals surface area contributed by atoms with E-state index < -0.39 is 10.0 Å². The summed E-state index contributed by atoms with van der Waals surface area (Å²) in [5.41, 5.74) is 8.84. The number of anilines is 1. The van der Waals surface area contributed by atoms with Crippen LogP contribution in [-0.4, -0.2) is 58.8 Å². The molecule has 0 unspecified atom stereocenters. The van der Waals surface area contributed by atoms with Crippen molar-refractivity contribution in [1.82, 2.24) is 14.3 Å². The number of nitrogens with zero attached hydrogens (tertiary/aromatic N) is 3. The van der Waals surface area contributed by atoms with E-state index in [4.69, 9.17) is 5.73 Å². The second-order valence-electron chi connectivity index (χ2n) is 7.70. The third-order valence-corrected chi connectivity index (χ3v) is 6.30. The molecule has 0 aliphatic rings. The van der Waals surface area contributed by atoms with E-state index in [2.05, 4.69) is 15.3 Å². The number of nitrogens with one attached hydrogen (secondary N) is 1. The highest BCUT2D eigenvalue weighted by Gasteiger charge is 2.16. The summed E-state index contributed by atoms with van der Waals surface area (Å²) in [6.07, 6.45) is 4.07. The smallest absolute Gasteiger partial charge is 0.223 e. The highest BCUT2D eigenvalue weighted by molar-refractivity contribution is 7.88. The summed E-state index contributed by atoms with van der Waals surface area (Å²) in [4.78, 5) is 8.82. The molecule has 5 N–H and O–H groups in total. The lowest BCUT2D eigenvalue weighted by molar-refractivity contribution is 0.403. The summed E-state index contributed by atoms with van der Waals surface area (Å²) in [6.45, 7) is 1.61. The van der Waals surface area contributed by atoms with E-state index in [-0.39, 0.29) is 18.0 Å². The first-order valence-corrected chi connectivity index (χ1v) is 12.4. The van der Waals surface area contributed by atoms with Crippen LogP contribution in [0.15, 0.2) is 54.7 Å². The number of rotatable bonds is 11. The minimum absolute atomic E-state index is 0.149. The first-order valence-electron chi connectivity index (χ1n) is 10.6. The van der Waals surface area contributed by atoms with Gasteiger partial charge in [0.15, 0.2) is 11.5 Å². The Balaban J connectivity index is 1.68. The number of phenols is 2. The van der Waals surface area contributed by atoms with Crippen LogP contribution in [0.5, 0.6) is 11.5 Å². The molecule has 9 nitrogen and oxygen atoms in total. The van der Waals surface area contributed by atoms with Gasteiger partial charge in [0.25, 0.3) is 0 Å². The van der Waals surface area contributed by atoms with Crippen molar-refractivity contribution in [1.29, 1.82) is 0 Å². The Morgan fingerprint density at radius 1 is 1.06 bits per heavy atom. The van der Waals surface area contributed by atoms with Crippen molar-refractivity contribution in [2.45, 2.75) is 19.4 Å². The lowest BCUT2D eigenvalue weighted by atomic mass is 10.1. The zero-order valence-corrected chi connectivity index (χ0v) is 19.3. The molecule has 0 saturated carbocycles. The molecule has 0 aliphatic carbocycles. The van der Waals surface area contributed by atoms with E-state index in [9.17, 15) is 18.6 Å². The first-order chi connectivity index (χ1) is 15.8. The predicted octanol–water partition coefficient (Wildman–Crippen LogP) is 2.32. The highest BCUT2D eigenvalue weighted by Crippen LogP contribution is 2.25. The van der Waals surface area contributed by atoms with E-state index in [0.717, 1.165) is 16.7 Å². The van der Waals surface area contributed by atoms with Gasteiger partial charge in [-0.05, 0) is 54.8 Å². The second kappa shape index (κ2) is 11.1. The number of aromatic hydroxyl groups is 2. The van der Waals surface area contributed by atoms with Crippen molar-refractivity contribution in [2.75, 3.05) is 31.2 Å². The first kappa shape index (κ1) is 24.4. The number of phenolic OH excluding ortho intramolecular Hbond substituents is 2. The SMILES string of the molecule is CS(=O)(=O)N(CCCN)Cc1cccc(-c2ccnc(NCCc3ccc(O)c(O)c3)n2)c1. The molecule has 0 fully saturated rings. The molecule has 0 amide bonds. The molecular formula is C23H29N5O4S. The van der Waals surface area contributed by atoms with E-state index >= 15 is 0 Å². The van der Waals surface area contributed by atoms with Crippen molar-refractivity contribution >= 4 is 16.0 Å². The molecule has 0 atom stereocenters. The summed E-state index contributed by atoms with van der Waals surface area (Å²) in [5.74, 6) is 0.161. The lowest BCUT2D eigenvalue weighted by Crippen LogP contribution is -2.31. The van der Waals surface area contributed by atoms with Gasteiger partial charge in [-0.3, -0.25) is 0 Å². The van der Waals surface area contributed by atoms with Crippen LogP contribution in [0, 0.1) is 0 Å². The third-order valence-electron chi connectivity index (χ3n) is 5.05. The largest absolute Gasteiger partial charge is 0.504 e. The van der Waals surface area contributed by atoms with Gasteiger partial charge in [0.1, 0.15) is 0 Å². The van der Waals surface area contributed by atoms with E-state index in [1.807, 2.05) is 24.3 Å².